The number of nitrogens with two attached hydrogens (primary N) is 1. The summed E-state index contributed by atoms with van der Waals surface area (Å²) in [6, 6.07) is 4.88. The molecule has 3 N–H and O–H groups in total. The minimum Gasteiger partial charge on any atom is -0.399 e. The van der Waals surface area contributed by atoms with Crippen molar-refractivity contribution < 1.29 is 13.3 Å². The summed E-state index contributed by atoms with van der Waals surface area (Å²) in [7, 11) is -2.60. The van der Waals surface area contributed by atoms with Gasteiger partial charge in [-0.15, -0.1) is 0 Å². The van der Waals surface area contributed by atoms with E-state index in [-0.39, 0.29) is 11.5 Å². The van der Waals surface area contributed by atoms with Gasteiger partial charge >= 0.3 is 0 Å². The third-order valence-corrected chi connectivity index (χ3v) is 4.09. The fourth-order valence-corrected chi connectivity index (χ4v) is 3.08. The summed E-state index contributed by atoms with van der Waals surface area (Å²) >= 11 is 0. The minimum absolute atomic E-state index is 0.113. The molecule has 0 spiro atoms. The summed E-state index contributed by atoms with van der Waals surface area (Å²) in [5.41, 5.74) is 5.70. The molecule has 0 radical (unpaired) electrons. The molecule has 1 aromatic heterocycles. The van der Waals surface area contributed by atoms with Crippen molar-refractivity contribution in [1.82, 2.24) is 9.78 Å². The molecule has 1 heterocycles. The van der Waals surface area contributed by atoms with Gasteiger partial charge in [-0.05, 0) is 19.1 Å². The van der Waals surface area contributed by atoms with Crippen molar-refractivity contribution in [1.29, 1.82) is 0 Å². The Labute approximate surface area is 120 Å². The fourth-order valence-electron chi connectivity index (χ4n) is 1.80. The van der Waals surface area contributed by atoms with Crippen LogP contribution in [0.3, 0.4) is 0 Å². The maximum Gasteiger partial charge on any atom is 0.290 e. The Morgan fingerprint density at radius 1 is 1.38 bits per heavy atom. The van der Waals surface area contributed by atoms with E-state index >= 15 is 0 Å². The zero-order chi connectivity index (χ0) is 15.8. The Bertz CT molecular complexity index is 812. The van der Waals surface area contributed by atoms with Crippen molar-refractivity contribution in [3.05, 3.63) is 40.1 Å². The third kappa shape index (κ3) is 2.94. The number of nitrogens with one attached hydrogen (secondary N) is 1. The number of aromatic nitrogens is 2. The summed E-state index contributed by atoms with van der Waals surface area (Å²) in [5, 5.41) is 15.0. The molecule has 0 fully saturated rings. The zero-order valence-corrected chi connectivity index (χ0v) is 12.1. The number of sulfonamides is 1. The molecule has 0 saturated heterocycles. The van der Waals surface area contributed by atoms with Crippen molar-refractivity contribution >= 4 is 27.2 Å². The highest BCUT2D eigenvalue weighted by molar-refractivity contribution is 7.92. The SMILES string of the molecule is Cc1cc(NS(=O)(=O)c2cc(N)ccc2[N+](=O)[O-])n(C)n1. The molecule has 0 bridgehead atoms. The molecular formula is C11H13N5O4S. The number of aryl methyl sites for hydroxylation is 2. The third-order valence-electron chi connectivity index (χ3n) is 2.71. The lowest BCUT2D eigenvalue weighted by Gasteiger charge is -2.09. The first-order valence-corrected chi connectivity index (χ1v) is 7.26. The van der Waals surface area contributed by atoms with Gasteiger partial charge in [0.15, 0.2) is 4.90 Å². The number of rotatable bonds is 4. The average molecular weight is 311 g/mol. The Kier molecular flexibility index (Phi) is 3.56. The van der Waals surface area contributed by atoms with Crippen LogP contribution >= 0.6 is 0 Å². The van der Waals surface area contributed by atoms with Gasteiger partial charge in [0.2, 0.25) is 0 Å². The second kappa shape index (κ2) is 5.05. The largest absolute Gasteiger partial charge is 0.399 e. The van der Waals surface area contributed by atoms with Gasteiger partial charge < -0.3 is 5.73 Å². The predicted octanol–water partition coefficient (Wildman–Crippen LogP) is 1.02. The first kappa shape index (κ1) is 14.8. The maximum absolute atomic E-state index is 12.3. The summed E-state index contributed by atoms with van der Waals surface area (Å²) in [4.78, 5) is 9.69. The van der Waals surface area contributed by atoms with E-state index in [9.17, 15) is 18.5 Å². The number of benzene rings is 1. The molecule has 0 aliphatic rings. The smallest absolute Gasteiger partial charge is 0.290 e. The van der Waals surface area contributed by atoms with Crippen molar-refractivity contribution in [2.24, 2.45) is 7.05 Å². The number of nitro groups is 1. The van der Waals surface area contributed by atoms with Gasteiger partial charge in [-0.1, -0.05) is 0 Å². The van der Waals surface area contributed by atoms with E-state index in [0.717, 1.165) is 12.1 Å². The maximum atomic E-state index is 12.3. The van der Waals surface area contributed by atoms with Gasteiger partial charge in [-0.25, -0.2) is 8.42 Å². The van der Waals surface area contributed by atoms with Crippen LogP contribution in [0, 0.1) is 17.0 Å². The molecule has 10 heteroatoms. The molecule has 0 aliphatic carbocycles. The highest BCUT2D eigenvalue weighted by Gasteiger charge is 2.27. The van der Waals surface area contributed by atoms with Crippen molar-refractivity contribution in [3.63, 3.8) is 0 Å². The van der Waals surface area contributed by atoms with Gasteiger partial charge in [-0.3, -0.25) is 19.5 Å². The van der Waals surface area contributed by atoms with E-state index < -0.39 is 25.5 Å². The van der Waals surface area contributed by atoms with Crippen LogP contribution in [0.25, 0.3) is 0 Å². The minimum atomic E-state index is -4.15. The quantitative estimate of drug-likeness (QED) is 0.492. The Morgan fingerprint density at radius 2 is 2.05 bits per heavy atom. The van der Waals surface area contributed by atoms with Gasteiger partial charge in [-0.2, -0.15) is 5.10 Å². The van der Waals surface area contributed by atoms with E-state index in [2.05, 4.69) is 9.82 Å². The van der Waals surface area contributed by atoms with Gasteiger partial charge in [0, 0.05) is 24.9 Å². The van der Waals surface area contributed by atoms with Crippen LogP contribution in [0.15, 0.2) is 29.2 Å². The van der Waals surface area contributed by atoms with Crippen molar-refractivity contribution in [3.8, 4) is 0 Å². The van der Waals surface area contributed by atoms with E-state index in [4.69, 9.17) is 5.73 Å². The lowest BCUT2D eigenvalue weighted by molar-refractivity contribution is -0.387. The van der Waals surface area contributed by atoms with Crippen LogP contribution in [0.4, 0.5) is 17.2 Å². The van der Waals surface area contributed by atoms with E-state index in [1.54, 1.807) is 14.0 Å². The van der Waals surface area contributed by atoms with E-state index in [1.807, 2.05) is 0 Å². The van der Waals surface area contributed by atoms with Crippen LogP contribution in [0.1, 0.15) is 5.69 Å². The number of hydrogen-bond acceptors (Lipinski definition) is 6. The number of anilines is 2. The second-order valence-corrected chi connectivity index (χ2v) is 6.04. The molecule has 0 unspecified atom stereocenters. The summed E-state index contributed by atoms with van der Waals surface area (Å²) in [6.07, 6.45) is 0. The zero-order valence-electron chi connectivity index (χ0n) is 11.3. The number of hydrogen-bond donors (Lipinski definition) is 2. The Morgan fingerprint density at radius 3 is 2.57 bits per heavy atom. The first-order chi connectivity index (χ1) is 9.70. The number of nitro benzene ring substituents is 1. The molecule has 0 aliphatic heterocycles. The summed E-state index contributed by atoms with van der Waals surface area (Å²) in [5.74, 6) is 0.198. The summed E-state index contributed by atoms with van der Waals surface area (Å²) < 4.78 is 28.2. The number of nitrogen functional groups attached to an aromatic ring is 1. The molecular weight excluding hydrogens is 298 g/mol. The lowest BCUT2D eigenvalue weighted by Crippen LogP contribution is -2.17. The molecule has 112 valence electrons. The summed E-state index contributed by atoms with van der Waals surface area (Å²) in [6.45, 7) is 1.70. The van der Waals surface area contributed by atoms with Crippen LogP contribution in [0.5, 0.6) is 0 Å². The Balaban J connectivity index is 2.51. The fraction of sp³-hybridized carbons (Fsp3) is 0.182. The van der Waals surface area contributed by atoms with E-state index in [1.165, 1.54) is 16.8 Å². The van der Waals surface area contributed by atoms with Gasteiger partial charge in [0.05, 0.1) is 10.6 Å². The average Bonchev–Trinajstić information content (AvgIpc) is 2.66. The van der Waals surface area contributed by atoms with Gasteiger partial charge in [0.1, 0.15) is 5.82 Å². The lowest BCUT2D eigenvalue weighted by atomic mass is 10.3. The molecule has 2 rings (SSSR count). The second-order valence-electron chi connectivity index (χ2n) is 4.38. The molecule has 0 amide bonds. The Hall–Kier alpha value is -2.62. The highest BCUT2D eigenvalue weighted by Crippen LogP contribution is 2.27. The number of nitrogens with zero attached hydrogens (tertiary/aromatic N) is 3. The highest BCUT2D eigenvalue weighted by atomic mass is 32.2. The van der Waals surface area contributed by atoms with Gasteiger partial charge in [0.25, 0.3) is 15.7 Å². The van der Waals surface area contributed by atoms with Crippen LogP contribution < -0.4 is 10.5 Å². The van der Waals surface area contributed by atoms with Crippen LogP contribution in [0.2, 0.25) is 0 Å². The molecule has 9 nitrogen and oxygen atoms in total. The first-order valence-electron chi connectivity index (χ1n) is 5.78. The van der Waals surface area contributed by atoms with Crippen LogP contribution in [-0.2, 0) is 17.1 Å². The molecule has 21 heavy (non-hydrogen) atoms. The molecule has 1 aromatic carbocycles. The molecule has 0 saturated carbocycles. The monoisotopic (exact) mass is 311 g/mol. The normalized spacial score (nSPS) is 11.3. The molecule has 2 aromatic rings. The topological polar surface area (TPSA) is 133 Å². The van der Waals surface area contributed by atoms with E-state index in [0.29, 0.717) is 5.69 Å². The van der Waals surface area contributed by atoms with Crippen molar-refractivity contribution in [2.75, 3.05) is 10.5 Å². The predicted molar refractivity (Wildman–Crippen MR) is 76.3 cm³/mol. The standard InChI is InChI=1S/C11H13N5O4S/c1-7-5-11(15(2)13-7)14-21(19,20)10-6-8(12)3-4-9(10)16(17)18/h3-6,14H,12H2,1-2H3. The molecule has 0 atom stereocenters. The van der Waals surface area contributed by atoms with Crippen molar-refractivity contribution in [2.45, 2.75) is 11.8 Å². The van der Waals surface area contributed by atoms with Crippen LogP contribution in [-0.4, -0.2) is 23.1 Å².